The molecule has 1 aromatic heterocycles. The van der Waals surface area contributed by atoms with Crippen molar-refractivity contribution in [2.24, 2.45) is 11.8 Å². The maximum Gasteiger partial charge on any atom is 0.255 e. The molecule has 35 heavy (non-hydrogen) atoms. The lowest BCUT2D eigenvalue weighted by Gasteiger charge is -2.18. The zero-order valence-electron chi connectivity index (χ0n) is 20.4. The fraction of sp³-hybridized carbons (Fsp3) is 0.556. The molecule has 2 aromatic rings. The van der Waals surface area contributed by atoms with Gasteiger partial charge < -0.3 is 20.1 Å². The molecule has 1 saturated heterocycles. The van der Waals surface area contributed by atoms with E-state index < -0.39 is 17.9 Å². The van der Waals surface area contributed by atoms with Gasteiger partial charge in [0.25, 0.3) is 5.92 Å². The highest BCUT2D eigenvalue weighted by atomic mass is 19.3. The Hall–Kier alpha value is -2.74. The monoisotopic (exact) mass is 487 g/mol. The molecule has 4 atom stereocenters. The second-order valence-corrected chi connectivity index (χ2v) is 10.0. The van der Waals surface area contributed by atoms with Gasteiger partial charge in [-0.2, -0.15) is 0 Å². The highest BCUT2D eigenvalue weighted by molar-refractivity contribution is 5.83. The number of amides is 1. The fourth-order valence-corrected chi connectivity index (χ4v) is 4.47. The molecule has 1 saturated carbocycles. The van der Waals surface area contributed by atoms with Crippen LogP contribution in [0.2, 0.25) is 0 Å². The van der Waals surface area contributed by atoms with E-state index in [4.69, 9.17) is 4.74 Å². The molecule has 1 amide bonds. The summed E-state index contributed by atoms with van der Waals surface area (Å²) >= 11 is 0. The van der Waals surface area contributed by atoms with Crippen molar-refractivity contribution in [2.75, 3.05) is 31.1 Å². The molecule has 2 aliphatic rings. The number of nitrogens with zero attached hydrogens (tertiary/aromatic N) is 2. The van der Waals surface area contributed by atoms with Crippen molar-refractivity contribution >= 4 is 11.7 Å². The van der Waals surface area contributed by atoms with E-state index in [0.717, 1.165) is 43.7 Å². The van der Waals surface area contributed by atoms with Gasteiger partial charge in [-0.05, 0) is 62.3 Å². The first-order chi connectivity index (χ1) is 16.7. The third-order valence-corrected chi connectivity index (χ3v) is 7.02. The number of hydrogen-bond acceptors (Lipinski definition) is 5. The first kappa shape index (κ1) is 25.4. The Morgan fingerprint density at radius 2 is 2.00 bits per heavy atom. The van der Waals surface area contributed by atoms with Gasteiger partial charge >= 0.3 is 0 Å². The number of nitrogens with one attached hydrogen (secondary N) is 1. The molecule has 4 rings (SSSR count). The Labute approximate surface area is 205 Å². The molecule has 6 nitrogen and oxygen atoms in total. The van der Waals surface area contributed by atoms with Crippen LogP contribution in [0.4, 0.5) is 14.6 Å². The van der Waals surface area contributed by atoms with Crippen LogP contribution in [0.15, 0.2) is 42.6 Å². The number of carbonyl (C=O) groups is 1. The summed E-state index contributed by atoms with van der Waals surface area (Å²) in [5, 5.41) is 12.1. The highest BCUT2D eigenvalue weighted by Gasteiger charge is 2.57. The number of rotatable bonds is 11. The summed E-state index contributed by atoms with van der Waals surface area (Å²) in [6.07, 6.45) is 4.15. The number of aryl methyl sites for hydroxylation is 1. The molecular weight excluding hydrogens is 452 g/mol. The molecule has 2 unspecified atom stereocenters. The van der Waals surface area contributed by atoms with E-state index in [0.29, 0.717) is 11.7 Å². The Bertz CT molecular complexity index is 982. The zero-order valence-corrected chi connectivity index (χ0v) is 20.4. The summed E-state index contributed by atoms with van der Waals surface area (Å²) in [7, 11) is 0. The molecular formula is C27H35F2N3O3. The molecule has 0 bridgehead atoms. The SMILES string of the molecule is CC(C(=O)NC[C@@H](C)O)c1ccc(CC[C@@H]2CCN(c3ccc(OCC4CC4(F)F)cn3)C2)cc1. The summed E-state index contributed by atoms with van der Waals surface area (Å²) < 4.78 is 31.4. The van der Waals surface area contributed by atoms with Crippen LogP contribution in [0.1, 0.15) is 50.2 Å². The number of anilines is 1. The first-order valence-electron chi connectivity index (χ1n) is 12.5. The van der Waals surface area contributed by atoms with Gasteiger partial charge in [0.15, 0.2) is 0 Å². The van der Waals surface area contributed by atoms with Crippen molar-refractivity contribution in [1.82, 2.24) is 10.3 Å². The van der Waals surface area contributed by atoms with Crippen LogP contribution >= 0.6 is 0 Å². The maximum absolute atomic E-state index is 13.0. The Kier molecular flexibility index (Phi) is 7.89. The van der Waals surface area contributed by atoms with Gasteiger partial charge in [0.05, 0.1) is 30.7 Å². The zero-order chi connectivity index (χ0) is 25.0. The molecule has 1 aromatic carbocycles. The van der Waals surface area contributed by atoms with Crippen LogP contribution < -0.4 is 15.0 Å². The smallest absolute Gasteiger partial charge is 0.255 e. The number of aromatic nitrogens is 1. The minimum Gasteiger partial charge on any atom is -0.491 e. The second kappa shape index (κ2) is 10.9. The number of carbonyl (C=O) groups excluding carboxylic acids is 1. The van der Waals surface area contributed by atoms with Crippen molar-refractivity contribution in [3.8, 4) is 5.75 Å². The third kappa shape index (κ3) is 6.90. The van der Waals surface area contributed by atoms with Crippen LogP contribution in [0.3, 0.4) is 0 Å². The molecule has 2 fully saturated rings. The van der Waals surface area contributed by atoms with E-state index in [-0.39, 0.29) is 31.4 Å². The summed E-state index contributed by atoms with van der Waals surface area (Å²) in [5.41, 5.74) is 2.22. The van der Waals surface area contributed by atoms with Gasteiger partial charge in [-0.25, -0.2) is 13.8 Å². The Morgan fingerprint density at radius 3 is 2.63 bits per heavy atom. The quantitative estimate of drug-likeness (QED) is 0.498. The van der Waals surface area contributed by atoms with Gasteiger partial charge in [-0.15, -0.1) is 0 Å². The van der Waals surface area contributed by atoms with Crippen molar-refractivity contribution in [2.45, 2.75) is 57.5 Å². The van der Waals surface area contributed by atoms with E-state index in [9.17, 15) is 18.7 Å². The van der Waals surface area contributed by atoms with Gasteiger partial charge in [0, 0.05) is 26.1 Å². The number of benzene rings is 1. The van der Waals surface area contributed by atoms with E-state index in [2.05, 4.69) is 27.3 Å². The standard InChI is InChI=1S/C27H35F2N3O3/c1-18(33)14-31-26(34)19(2)22-7-5-20(6-8-22)3-4-21-11-12-32(16-21)25-10-9-24(15-30-25)35-17-23-13-27(23,28)29/h5-10,15,18-19,21,23,33H,3-4,11-14,16-17H2,1-2H3,(H,31,34)/t18-,19?,21-,23?/m1/s1. The summed E-state index contributed by atoms with van der Waals surface area (Å²) in [6, 6.07) is 11.9. The molecule has 0 radical (unpaired) electrons. The number of alkyl halides is 2. The van der Waals surface area contributed by atoms with Crippen LogP contribution in [0.5, 0.6) is 5.75 Å². The summed E-state index contributed by atoms with van der Waals surface area (Å²) in [6.45, 7) is 5.71. The minimum absolute atomic E-state index is 0.0376. The molecule has 1 aliphatic heterocycles. The normalized spacial score (nSPS) is 22.5. The van der Waals surface area contributed by atoms with Gasteiger partial charge in [0.2, 0.25) is 5.91 Å². The van der Waals surface area contributed by atoms with Crippen LogP contribution in [-0.4, -0.2) is 54.3 Å². The van der Waals surface area contributed by atoms with Crippen LogP contribution in [0, 0.1) is 11.8 Å². The molecule has 2 N–H and O–H groups in total. The maximum atomic E-state index is 13.0. The van der Waals surface area contributed by atoms with Gasteiger partial charge in [-0.3, -0.25) is 4.79 Å². The van der Waals surface area contributed by atoms with Gasteiger partial charge in [0.1, 0.15) is 11.6 Å². The van der Waals surface area contributed by atoms with E-state index >= 15 is 0 Å². The third-order valence-electron chi connectivity index (χ3n) is 7.02. The van der Waals surface area contributed by atoms with Crippen molar-refractivity contribution in [3.63, 3.8) is 0 Å². The summed E-state index contributed by atoms with van der Waals surface area (Å²) in [4.78, 5) is 19.0. The van der Waals surface area contributed by atoms with Gasteiger partial charge in [-0.1, -0.05) is 24.3 Å². The predicted molar refractivity (Wildman–Crippen MR) is 131 cm³/mol. The average molecular weight is 488 g/mol. The number of aliphatic hydroxyl groups is 1. The van der Waals surface area contributed by atoms with E-state index in [1.54, 1.807) is 13.1 Å². The average Bonchev–Trinajstić information content (AvgIpc) is 3.22. The molecule has 0 spiro atoms. The van der Waals surface area contributed by atoms with E-state index in [1.807, 2.05) is 31.2 Å². The molecule has 2 heterocycles. The van der Waals surface area contributed by atoms with Crippen LogP contribution in [0.25, 0.3) is 0 Å². The topological polar surface area (TPSA) is 74.7 Å². The number of pyridine rings is 1. The molecule has 1 aliphatic carbocycles. The lowest BCUT2D eigenvalue weighted by molar-refractivity contribution is -0.122. The fourth-order valence-electron chi connectivity index (χ4n) is 4.47. The summed E-state index contributed by atoms with van der Waals surface area (Å²) in [5.74, 6) is -1.56. The number of hydrogen-bond donors (Lipinski definition) is 2. The minimum atomic E-state index is -2.56. The highest BCUT2D eigenvalue weighted by Crippen LogP contribution is 2.48. The predicted octanol–water partition coefficient (Wildman–Crippen LogP) is 4.18. The van der Waals surface area contributed by atoms with E-state index in [1.165, 1.54) is 5.56 Å². The lowest BCUT2D eigenvalue weighted by atomic mass is 9.95. The Morgan fingerprint density at radius 1 is 1.26 bits per heavy atom. The second-order valence-electron chi connectivity index (χ2n) is 10.0. The first-order valence-corrected chi connectivity index (χ1v) is 12.5. The van der Waals surface area contributed by atoms with Crippen LogP contribution in [-0.2, 0) is 11.2 Å². The lowest BCUT2D eigenvalue weighted by Crippen LogP contribution is -2.33. The number of aliphatic hydroxyl groups excluding tert-OH is 1. The Balaban J connectivity index is 1.20. The number of halogens is 2. The number of ether oxygens (including phenoxy) is 1. The van der Waals surface area contributed by atoms with Crippen molar-refractivity contribution in [3.05, 3.63) is 53.7 Å². The van der Waals surface area contributed by atoms with Crippen molar-refractivity contribution < 1.29 is 23.4 Å². The van der Waals surface area contributed by atoms with Crippen molar-refractivity contribution in [1.29, 1.82) is 0 Å². The largest absolute Gasteiger partial charge is 0.491 e. The molecule has 8 heteroatoms. The molecule has 190 valence electrons.